The molecule has 0 aliphatic heterocycles. The Kier molecular flexibility index (Phi) is 4.39. The number of ether oxygens (including phenoxy) is 1. The van der Waals surface area contributed by atoms with Crippen LogP contribution in [0.3, 0.4) is 0 Å². The molecule has 0 aromatic rings. The van der Waals surface area contributed by atoms with Crippen LogP contribution in [0, 0.1) is 11.8 Å². The van der Waals surface area contributed by atoms with E-state index in [1.54, 1.807) is 0 Å². The predicted molar refractivity (Wildman–Crippen MR) is 60.2 cm³/mol. The van der Waals surface area contributed by atoms with Crippen molar-refractivity contribution in [3.8, 4) is 0 Å². The maximum absolute atomic E-state index is 5.95. The summed E-state index contributed by atoms with van der Waals surface area (Å²) in [6, 6.07) is 0.143. The third-order valence-electron chi connectivity index (χ3n) is 3.70. The first-order valence-electron chi connectivity index (χ1n) is 5.91. The normalized spacial score (nSPS) is 37.9. The zero-order valence-electron chi connectivity index (χ0n) is 9.99. The van der Waals surface area contributed by atoms with E-state index in [1.165, 1.54) is 19.3 Å². The smallest absolute Gasteiger partial charge is 0.0698 e. The molecule has 1 aliphatic carbocycles. The summed E-state index contributed by atoms with van der Waals surface area (Å²) in [6.45, 7) is 8.76. The van der Waals surface area contributed by atoms with E-state index >= 15 is 0 Å². The molecule has 0 aromatic carbocycles. The van der Waals surface area contributed by atoms with Gasteiger partial charge in [-0.25, -0.2) is 0 Å². The minimum Gasteiger partial charge on any atom is -0.374 e. The Morgan fingerprint density at radius 3 is 2.29 bits per heavy atom. The molecule has 1 rings (SSSR count). The summed E-state index contributed by atoms with van der Waals surface area (Å²) in [6.07, 6.45) is 4.36. The zero-order chi connectivity index (χ0) is 10.7. The first-order valence-corrected chi connectivity index (χ1v) is 5.91. The van der Waals surface area contributed by atoms with Crippen molar-refractivity contribution in [3.05, 3.63) is 0 Å². The molecular weight excluding hydrogens is 174 g/mol. The summed E-state index contributed by atoms with van der Waals surface area (Å²) < 4.78 is 5.95. The number of hydrogen-bond donors (Lipinski definition) is 1. The van der Waals surface area contributed by atoms with Gasteiger partial charge in [0.25, 0.3) is 0 Å². The average molecular weight is 199 g/mol. The SMILES string of the molecule is CC(N)C(C)OC1CCC(C)C(C)C1. The number of rotatable bonds is 3. The molecule has 2 nitrogen and oxygen atoms in total. The molecule has 1 aliphatic rings. The maximum Gasteiger partial charge on any atom is 0.0698 e. The third kappa shape index (κ3) is 3.25. The highest BCUT2D eigenvalue weighted by atomic mass is 16.5. The maximum atomic E-state index is 5.95. The number of nitrogens with two attached hydrogens (primary N) is 1. The lowest BCUT2D eigenvalue weighted by Crippen LogP contribution is -2.37. The van der Waals surface area contributed by atoms with Gasteiger partial charge in [-0.15, -0.1) is 0 Å². The van der Waals surface area contributed by atoms with Gasteiger partial charge in [-0.3, -0.25) is 0 Å². The van der Waals surface area contributed by atoms with Crippen molar-refractivity contribution < 1.29 is 4.74 Å². The number of hydrogen-bond acceptors (Lipinski definition) is 2. The van der Waals surface area contributed by atoms with Crippen LogP contribution in [0.4, 0.5) is 0 Å². The fraction of sp³-hybridized carbons (Fsp3) is 1.00. The summed E-state index contributed by atoms with van der Waals surface area (Å²) in [7, 11) is 0. The summed E-state index contributed by atoms with van der Waals surface area (Å²) >= 11 is 0. The zero-order valence-corrected chi connectivity index (χ0v) is 9.99. The van der Waals surface area contributed by atoms with E-state index in [9.17, 15) is 0 Å². The Morgan fingerprint density at radius 1 is 1.14 bits per heavy atom. The van der Waals surface area contributed by atoms with Crippen LogP contribution in [0.2, 0.25) is 0 Å². The van der Waals surface area contributed by atoms with E-state index in [1.807, 2.05) is 6.92 Å². The Morgan fingerprint density at radius 2 is 1.79 bits per heavy atom. The summed E-state index contributed by atoms with van der Waals surface area (Å²) in [5, 5.41) is 0. The first-order chi connectivity index (χ1) is 6.50. The fourth-order valence-electron chi connectivity index (χ4n) is 2.05. The van der Waals surface area contributed by atoms with Crippen molar-refractivity contribution in [1.82, 2.24) is 0 Å². The largest absolute Gasteiger partial charge is 0.374 e. The highest BCUT2D eigenvalue weighted by Crippen LogP contribution is 2.31. The lowest BCUT2D eigenvalue weighted by atomic mass is 9.80. The molecule has 0 bridgehead atoms. The van der Waals surface area contributed by atoms with Crippen LogP contribution < -0.4 is 5.73 Å². The van der Waals surface area contributed by atoms with Crippen LogP contribution in [-0.4, -0.2) is 18.2 Å². The fourth-order valence-corrected chi connectivity index (χ4v) is 2.05. The van der Waals surface area contributed by atoms with Gasteiger partial charge in [0.1, 0.15) is 0 Å². The van der Waals surface area contributed by atoms with Crippen LogP contribution >= 0.6 is 0 Å². The van der Waals surface area contributed by atoms with Gasteiger partial charge in [0.2, 0.25) is 0 Å². The molecule has 2 heteroatoms. The lowest BCUT2D eigenvalue weighted by molar-refractivity contribution is -0.0466. The standard InChI is InChI=1S/C12H25NO/c1-8-5-6-12(7-9(8)2)14-11(4)10(3)13/h8-12H,5-7,13H2,1-4H3. The van der Waals surface area contributed by atoms with Crippen molar-refractivity contribution in [3.63, 3.8) is 0 Å². The highest BCUT2D eigenvalue weighted by Gasteiger charge is 2.26. The van der Waals surface area contributed by atoms with Crippen LogP contribution in [0.1, 0.15) is 47.0 Å². The molecule has 5 atom stereocenters. The first kappa shape index (κ1) is 12.0. The van der Waals surface area contributed by atoms with Crippen LogP contribution in [0.5, 0.6) is 0 Å². The molecular formula is C12H25NO. The van der Waals surface area contributed by atoms with E-state index < -0.39 is 0 Å². The monoisotopic (exact) mass is 199 g/mol. The van der Waals surface area contributed by atoms with Gasteiger partial charge < -0.3 is 10.5 Å². The van der Waals surface area contributed by atoms with E-state index in [0.717, 1.165) is 11.8 Å². The van der Waals surface area contributed by atoms with Crippen LogP contribution in [0.15, 0.2) is 0 Å². The van der Waals surface area contributed by atoms with Crippen molar-refractivity contribution in [1.29, 1.82) is 0 Å². The molecule has 14 heavy (non-hydrogen) atoms. The Labute approximate surface area is 88.2 Å². The molecule has 5 unspecified atom stereocenters. The van der Waals surface area contributed by atoms with Gasteiger partial charge >= 0.3 is 0 Å². The minimum absolute atomic E-state index is 0.143. The van der Waals surface area contributed by atoms with Crippen molar-refractivity contribution in [2.45, 2.75) is 65.2 Å². The van der Waals surface area contributed by atoms with Crippen molar-refractivity contribution >= 4 is 0 Å². The Bertz CT molecular complexity index is 170. The summed E-state index contributed by atoms with van der Waals surface area (Å²) in [5.74, 6) is 1.66. The quantitative estimate of drug-likeness (QED) is 0.758. The lowest BCUT2D eigenvalue weighted by Gasteiger charge is -2.34. The van der Waals surface area contributed by atoms with Gasteiger partial charge in [0.05, 0.1) is 12.2 Å². The molecule has 0 heterocycles. The van der Waals surface area contributed by atoms with Gasteiger partial charge in [-0.05, 0) is 44.9 Å². The van der Waals surface area contributed by atoms with Gasteiger partial charge in [-0.2, -0.15) is 0 Å². The van der Waals surface area contributed by atoms with E-state index in [4.69, 9.17) is 10.5 Å². The van der Waals surface area contributed by atoms with Gasteiger partial charge in [0.15, 0.2) is 0 Å². The Balaban J connectivity index is 2.33. The van der Waals surface area contributed by atoms with Crippen molar-refractivity contribution in [2.24, 2.45) is 17.6 Å². The summed E-state index contributed by atoms with van der Waals surface area (Å²) in [4.78, 5) is 0. The second-order valence-electron chi connectivity index (χ2n) is 5.09. The van der Waals surface area contributed by atoms with Crippen LogP contribution in [-0.2, 0) is 4.74 Å². The molecule has 84 valence electrons. The summed E-state index contributed by atoms with van der Waals surface area (Å²) in [5.41, 5.74) is 5.79. The molecule has 0 radical (unpaired) electrons. The van der Waals surface area contributed by atoms with Gasteiger partial charge in [-0.1, -0.05) is 13.8 Å². The van der Waals surface area contributed by atoms with E-state index in [0.29, 0.717) is 6.10 Å². The minimum atomic E-state index is 0.143. The topological polar surface area (TPSA) is 35.2 Å². The van der Waals surface area contributed by atoms with Gasteiger partial charge in [0, 0.05) is 6.04 Å². The third-order valence-corrected chi connectivity index (χ3v) is 3.70. The van der Waals surface area contributed by atoms with Crippen LogP contribution in [0.25, 0.3) is 0 Å². The molecule has 0 saturated heterocycles. The highest BCUT2D eigenvalue weighted by molar-refractivity contribution is 4.77. The molecule has 0 spiro atoms. The predicted octanol–water partition coefficient (Wildman–Crippen LogP) is 2.56. The van der Waals surface area contributed by atoms with Crippen molar-refractivity contribution in [2.75, 3.05) is 0 Å². The van der Waals surface area contributed by atoms with E-state index in [2.05, 4.69) is 20.8 Å². The molecule has 0 amide bonds. The molecule has 2 N–H and O–H groups in total. The second kappa shape index (κ2) is 5.13. The molecule has 0 aromatic heterocycles. The average Bonchev–Trinajstić information content (AvgIpc) is 2.11. The Hall–Kier alpha value is -0.0800. The van der Waals surface area contributed by atoms with E-state index in [-0.39, 0.29) is 12.1 Å². The second-order valence-corrected chi connectivity index (χ2v) is 5.09. The molecule has 1 saturated carbocycles. The molecule has 1 fully saturated rings.